The molecular weight excluding hydrogens is 220 g/mol. The molecule has 1 aromatic heterocycles. The van der Waals surface area contributed by atoms with Crippen LogP contribution in [0.5, 0.6) is 0 Å². The highest BCUT2D eigenvalue weighted by Crippen LogP contribution is 2.35. The SMILES string of the molecule is CC1=CC(C)=C(c2ccc(-c3ccccc3)o2)C1. The zero-order valence-corrected chi connectivity index (χ0v) is 10.7. The molecule has 90 valence electrons. The lowest BCUT2D eigenvalue weighted by atomic mass is 10.1. The van der Waals surface area contributed by atoms with Crippen molar-refractivity contribution in [1.29, 1.82) is 0 Å². The first kappa shape index (κ1) is 11.1. The molecule has 1 heteroatoms. The van der Waals surface area contributed by atoms with Gasteiger partial charge in [-0.25, -0.2) is 0 Å². The van der Waals surface area contributed by atoms with E-state index in [1.54, 1.807) is 0 Å². The summed E-state index contributed by atoms with van der Waals surface area (Å²) in [4.78, 5) is 0. The third-order valence-electron chi connectivity index (χ3n) is 3.36. The molecule has 0 atom stereocenters. The van der Waals surface area contributed by atoms with Crippen molar-refractivity contribution >= 4 is 5.57 Å². The highest BCUT2D eigenvalue weighted by atomic mass is 16.3. The molecule has 0 N–H and O–H groups in total. The molecule has 2 aromatic rings. The maximum absolute atomic E-state index is 5.98. The van der Waals surface area contributed by atoms with E-state index >= 15 is 0 Å². The van der Waals surface area contributed by atoms with E-state index in [1.165, 1.54) is 16.7 Å². The molecule has 1 heterocycles. The Kier molecular flexibility index (Phi) is 2.67. The molecule has 0 radical (unpaired) electrons. The quantitative estimate of drug-likeness (QED) is 0.709. The Balaban J connectivity index is 1.94. The van der Waals surface area contributed by atoms with Gasteiger partial charge in [0.1, 0.15) is 11.5 Å². The molecule has 0 spiro atoms. The van der Waals surface area contributed by atoms with E-state index in [4.69, 9.17) is 4.42 Å². The smallest absolute Gasteiger partial charge is 0.134 e. The molecule has 3 rings (SSSR count). The number of furan rings is 1. The lowest BCUT2D eigenvalue weighted by Crippen LogP contribution is -1.80. The molecule has 0 amide bonds. The van der Waals surface area contributed by atoms with Crippen LogP contribution in [0, 0.1) is 0 Å². The predicted octanol–water partition coefficient (Wildman–Crippen LogP) is 5.07. The summed E-state index contributed by atoms with van der Waals surface area (Å²) in [5.74, 6) is 1.94. The Bertz CT molecular complexity index is 627. The van der Waals surface area contributed by atoms with Gasteiger partial charge in [-0.2, -0.15) is 0 Å². The Morgan fingerprint density at radius 3 is 2.28 bits per heavy atom. The molecule has 1 aliphatic carbocycles. The number of rotatable bonds is 2. The molecule has 0 aliphatic heterocycles. The zero-order chi connectivity index (χ0) is 12.5. The van der Waals surface area contributed by atoms with Crippen LogP contribution in [0.25, 0.3) is 16.9 Å². The average Bonchev–Trinajstić information content (AvgIpc) is 2.97. The average molecular weight is 236 g/mol. The first-order chi connectivity index (χ1) is 8.74. The second-order valence-corrected chi connectivity index (χ2v) is 4.86. The first-order valence-electron chi connectivity index (χ1n) is 6.26. The summed E-state index contributed by atoms with van der Waals surface area (Å²) >= 11 is 0. The van der Waals surface area contributed by atoms with E-state index in [2.05, 4.69) is 44.2 Å². The maximum atomic E-state index is 5.98. The number of benzene rings is 1. The number of allylic oxidation sites excluding steroid dienone is 4. The van der Waals surface area contributed by atoms with Crippen molar-refractivity contribution in [2.75, 3.05) is 0 Å². The summed E-state index contributed by atoms with van der Waals surface area (Å²) in [7, 11) is 0. The van der Waals surface area contributed by atoms with Crippen LogP contribution in [0.2, 0.25) is 0 Å². The van der Waals surface area contributed by atoms with Gasteiger partial charge in [-0.05, 0) is 38.0 Å². The first-order valence-corrected chi connectivity index (χ1v) is 6.26. The predicted molar refractivity (Wildman–Crippen MR) is 75.1 cm³/mol. The van der Waals surface area contributed by atoms with E-state index in [0.29, 0.717) is 0 Å². The van der Waals surface area contributed by atoms with Gasteiger partial charge >= 0.3 is 0 Å². The molecule has 1 aliphatic rings. The number of hydrogen-bond acceptors (Lipinski definition) is 1. The standard InChI is InChI=1S/C17H16O/c1-12-10-13(2)15(11-12)17-9-8-16(18-17)14-6-4-3-5-7-14/h3-10H,11H2,1-2H3. The molecule has 0 unspecified atom stereocenters. The summed E-state index contributed by atoms with van der Waals surface area (Å²) in [5, 5.41) is 0. The fourth-order valence-electron chi connectivity index (χ4n) is 2.47. The normalized spacial score (nSPS) is 15.1. The van der Waals surface area contributed by atoms with Gasteiger partial charge < -0.3 is 4.42 Å². The molecular formula is C17H16O. The molecule has 0 saturated heterocycles. The van der Waals surface area contributed by atoms with Gasteiger partial charge in [0.25, 0.3) is 0 Å². The summed E-state index contributed by atoms with van der Waals surface area (Å²) < 4.78 is 5.98. The monoisotopic (exact) mass is 236 g/mol. The maximum Gasteiger partial charge on any atom is 0.134 e. The van der Waals surface area contributed by atoms with Gasteiger partial charge in [-0.15, -0.1) is 0 Å². The fraction of sp³-hybridized carbons (Fsp3) is 0.176. The second kappa shape index (κ2) is 4.34. The van der Waals surface area contributed by atoms with Crippen LogP contribution in [0.4, 0.5) is 0 Å². The van der Waals surface area contributed by atoms with Crippen molar-refractivity contribution in [3.63, 3.8) is 0 Å². The van der Waals surface area contributed by atoms with Gasteiger partial charge in [0.05, 0.1) is 0 Å². The zero-order valence-electron chi connectivity index (χ0n) is 10.7. The van der Waals surface area contributed by atoms with Crippen molar-refractivity contribution in [2.45, 2.75) is 20.3 Å². The molecule has 1 nitrogen and oxygen atoms in total. The molecule has 18 heavy (non-hydrogen) atoms. The van der Waals surface area contributed by atoms with Crippen LogP contribution < -0.4 is 0 Å². The fourth-order valence-corrected chi connectivity index (χ4v) is 2.47. The van der Waals surface area contributed by atoms with Crippen LogP contribution >= 0.6 is 0 Å². The van der Waals surface area contributed by atoms with Crippen molar-refractivity contribution in [3.05, 3.63) is 65.4 Å². The van der Waals surface area contributed by atoms with Gasteiger partial charge in [0.15, 0.2) is 0 Å². The lowest BCUT2D eigenvalue weighted by molar-refractivity contribution is 0.566. The van der Waals surface area contributed by atoms with Gasteiger partial charge in [-0.3, -0.25) is 0 Å². The topological polar surface area (TPSA) is 13.1 Å². The largest absolute Gasteiger partial charge is 0.456 e. The third-order valence-corrected chi connectivity index (χ3v) is 3.36. The Labute approximate surface area is 107 Å². The van der Waals surface area contributed by atoms with E-state index < -0.39 is 0 Å². The minimum atomic E-state index is 0.940. The van der Waals surface area contributed by atoms with Crippen molar-refractivity contribution in [1.82, 2.24) is 0 Å². The third kappa shape index (κ3) is 1.92. The van der Waals surface area contributed by atoms with Gasteiger partial charge in [0.2, 0.25) is 0 Å². The summed E-state index contributed by atoms with van der Waals surface area (Å²) in [6.07, 6.45) is 3.24. The van der Waals surface area contributed by atoms with E-state index in [-0.39, 0.29) is 0 Å². The molecule has 0 saturated carbocycles. The highest BCUT2D eigenvalue weighted by molar-refractivity contribution is 5.74. The van der Waals surface area contributed by atoms with Crippen LogP contribution in [-0.2, 0) is 0 Å². The van der Waals surface area contributed by atoms with Crippen LogP contribution in [0.3, 0.4) is 0 Å². The summed E-state index contributed by atoms with van der Waals surface area (Å²) in [6, 6.07) is 14.4. The molecule has 1 aromatic carbocycles. The van der Waals surface area contributed by atoms with Crippen molar-refractivity contribution in [2.24, 2.45) is 0 Å². The van der Waals surface area contributed by atoms with Gasteiger partial charge in [0, 0.05) is 11.1 Å². The van der Waals surface area contributed by atoms with Crippen LogP contribution in [0.1, 0.15) is 26.0 Å². The Morgan fingerprint density at radius 1 is 0.889 bits per heavy atom. The van der Waals surface area contributed by atoms with E-state index in [1.807, 2.05) is 18.2 Å². The highest BCUT2D eigenvalue weighted by Gasteiger charge is 2.15. The van der Waals surface area contributed by atoms with Crippen molar-refractivity contribution < 1.29 is 4.42 Å². The Hall–Kier alpha value is -2.02. The van der Waals surface area contributed by atoms with E-state index in [9.17, 15) is 0 Å². The van der Waals surface area contributed by atoms with Gasteiger partial charge in [-0.1, -0.05) is 42.0 Å². The molecule has 0 fully saturated rings. The Morgan fingerprint density at radius 2 is 1.61 bits per heavy atom. The minimum absolute atomic E-state index is 0.940. The van der Waals surface area contributed by atoms with Crippen molar-refractivity contribution in [3.8, 4) is 11.3 Å². The number of hydrogen-bond donors (Lipinski definition) is 0. The van der Waals surface area contributed by atoms with Crippen LogP contribution in [0.15, 0.2) is 64.1 Å². The summed E-state index contributed by atoms with van der Waals surface area (Å²) in [5.41, 5.74) is 5.17. The van der Waals surface area contributed by atoms with Crippen LogP contribution in [-0.4, -0.2) is 0 Å². The lowest BCUT2D eigenvalue weighted by Gasteiger charge is -2.01. The molecule has 0 bridgehead atoms. The minimum Gasteiger partial charge on any atom is -0.456 e. The summed E-state index contributed by atoms with van der Waals surface area (Å²) in [6.45, 7) is 4.31. The van der Waals surface area contributed by atoms with E-state index in [0.717, 1.165) is 23.5 Å². The second-order valence-electron chi connectivity index (χ2n) is 4.86.